The zero-order valence-electron chi connectivity index (χ0n) is 16.7. The topological polar surface area (TPSA) is 75.7 Å². The van der Waals surface area contributed by atoms with Crippen LogP contribution in [0.4, 0.5) is 5.69 Å². The minimum absolute atomic E-state index is 0.0370. The number of thioether (sulfide) groups is 1. The lowest BCUT2D eigenvalue weighted by Crippen LogP contribution is -2.35. The first-order valence-electron chi connectivity index (χ1n) is 9.68. The monoisotopic (exact) mass is 434 g/mol. The number of nitrogens with zero attached hydrogens (tertiary/aromatic N) is 1. The third kappa shape index (κ3) is 5.05. The number of benzene rings is 2. The molecule has 6 nitrogen and oxygen atoms in total. The van der Waals surface area contributed by atoms with E-state index in [0.717, 1.165) is 29.9 Å². The van der Waals surface area contributed by atoms with Gasteiger partial charge in [-0.3, -0.25) is 9.52 Å². The summed E-state index contributed by atoms with van der Waals surface area (Å²) in [5, 5.41) is 0. The molecule has 0 bridgehead atoms. The summed E-state index contributed by atoms with van der Waals surface area (Å²) in [7, 11) is -2.38. The molecular weight excluding hydrogens is 408 g/mol. The molecule has 2 aromatic carbocycles. The third-order valence-corrected chi connectivity index (χ3v) is 7.11. The van der Waals surface area contributed by atoms with Crippen LogP contribution < -0.4 is 9.46 Å². The first kappa shape index (κ1) is 21.5. The molecule has 0 spiro atoms. The van der Waals surface area contributed by atoms with Crippen LogP contribution in [0.25, 0.3) is 0 Å². The first-order valence-corrected chi connectivity index (χ1v) is 12.1. The normalized spacial score (nSPS) is 14.5. The van der Waals surface area contributed by atoms with Crippen molar-refractivity contribution in [3.8, 4) is 5.75 Å². The van der Waals surface area contributed by atoms with E-state index in [0.29, 0.717) is 24.5 Å². The number of ether oxygens (including phenoxy) is 1. The summed E-state index contributed by atoms with van der Waals surface area (Å²) < 4.78 is 34.0. The Morgan fingerprint density at radius 1 is 1.14 bits per heavy atom. The van der Waals surface area contributed by atoms with Crippen LogP contribution in [0.15, 0.2) is 52.3 Å². The van der Waals surface area contributed by atoms with Gasteiger partial charge in [0.05, 0.1) is 23.3 Å². The van der Waals surface area contributed by atoms with E-state index in [1.165, 1.54) is 19.2 Å². The molecule has 1 amide bonds. The largest absolute Gasteiger partial charge is 0.496 e. The van der Waals surface area contributed by atoms with Gasteiger partial charge in [-0.05, 0) is 55.3 Å². The van der Waals surface area contributed by atoms with Crippen molar-refractivity contribution in [2.45, 2.75) is 36.0 Å². The number of anilines is 1. The van der Waals surface area contributed by atoms with Crippen molar-refractivity contribution in [2.75, 3.05) is 30.7 Å². The van der Waals surface area contributed by atoms with Gasteiger partial charge in [0.1, 0.15) is 5.75 Å². The first-order chi connectivity index (χ1) is 14.0. The van der Waals surface area contributed by atoms with E-state index < -0.39 is 10.0 Å². The summed E-state index contributed by atoms with van der Waals surface area (Å²) in [5.74, 6) is 1.01. The molecule has 1 aliphatic heterocycles. The van der Waals surface area contributed by atoms with E-state index in [1.807, 2.05) is 19.1 Å². The van der Waals surface area contributed by atoms with Gasteiger partial charge in [-0.25, -0.2) is 8.42 Å². The van der Waals surface area contributed by atoms with Crippen molar-refractivity contribution in [2.24, 2.45) is 0 Å². The van der Waals surface area contributed by atoms with Crippen molar-refractivity contribution in [1.82, 2.24) is 4.90 Å². The summed E-state index contributed by atoms with van der Waals surface area (Å²) in [6.45, 7) is 3.37. The zero-order chi connectivity index (χ0) is 20.9. The Balaban J connectivity index is 1.93. The van der Waals surface area contributed by atoms with Crippen molar-refractivity contribution in [3.05, 3.63) is 48.0 Å². The molecule has 1 fully saturated rings. The number of piperidine rings is 1. The zero-order valence-corrected chi connectivity index (χ0v) is 18.3. The van der Waals surface area contributed by atoms with E-state index in [4.69, 9.17) is 4.74 Å². The minimum Gasteiger partial charge on any atom is -0.496 e. The van der Waals surface area contributed by atoms with Crippen molar-refractivity contribution in [1.29, 1.82) is 0 Å². The van der Waals surface area contributed by atoms with E-state index >= 15 is 0 Å². The number of amides is 1. The number of para-hydroxylation sites is 1. The average molecular weight is 435 g/mol. The highest BCUT2D eigenvalue weighted by molar-refractivity contribution is 7.99. The maximum absolute atomic E-state index is 13.0. The van der Waals surface area contributed by atoms with Gasteiger partial charge in [0.2, 0.25) is 0 Å². The third-order valence-electron chi connectivity index (χ3n) is 4.79. The maximum Gasteiger partial charge on any atom is 0.261 e. The standard InChI is InChI=1S/C21H26N2O4S2/c1-3-28-20-10-6-5-9-18(20)22-29(25,26)16-11-12-19(27-2)17(15-16)21(24)23-13-7-4-8-14-23/h5-6,9-12,15,22H,3-4,7-8,13-14H2,1-2H3. The van der Waals surface area contributed by atoms with Crippen LogP contribution in [0.3, 0.4) is 0 Å². The molecule has 1 saturated heterocycles. The summed E-state index contributed by atoms with van der Waals surface area (Å²) in [6, 6.07) is 11.7. The molecule has 156 valence electrons. The van der Waals surface area contributed by atoms with Gasteiger partial charge in [0.25, 0.3) is 15.9 Å². The molecule has 1 N–H and O–H groups in total. The Morgan fingerprint density at radius 2 is 1.86 bits per heavy atom. The fourth-order valence-electron chi connectivity index (χ4n) is 3.32. The number of nitrogens with one attached hydrogen (secondary N) is 1. The van der Waals surface area contributed by atoms with Crippen LogP contribution >= 0.6 is 11.8 Å². The van der Waals surface area contributed by atoms with Crippen LogP contribution in [0.1, 0.15) is 36.5 Å². The van der Waals surface area contributed by atoms with Gasteiger partial charge in [-0.2, -0.15) is 0 Å². The molecule has 0 radical (unpaired) electrons. The summed E-state index contributed by atoms with van der Waals surface area (Å²) in [5.41, 5.74) is 0.799. The van der Waals surface area contributed by atoms with E-state index in [2.05, 4.69) is 4.72 Å². The number of hydrogen-bond donors (Lipinski definition) is 1. The molecule has 1 aliphatic rings. The van der Waals surface area contributed by atoms with E-state index in [1.54, 1.807) is 34.9 Å². The molecule has 0 aromatic heterocycles. The van der Waals surface area contributed by atoms with Crippen LogP contribution in [0.5, 0.6) is 5.75 Å². The summed E-state index contributed by atoms with van der Waals surface area (Å²) in [6.07, 6.45) is 3.02. The van der Waals surface area contributed by atoms with E-state index in [9.17, 15) is 13.2 Å². The van der Waals surface area contributed by atoms with Gasteiger partial charge >= 0.3 is 0 Å². The molecule has 2 aromatic rings. The fraction of sp³-hybridized carbons (Fsp3) is 0.381. The Labute approximate surface area is 176 Å². The molecule has 1 heterocycles. The Bertz CT molecular complexity index is 970. The molecule has 3 rings (SSSR count). The quantitative estimate of drug-likeness (QED) is 0.660. The van der Waals surface area contributed by atoms with Gasteiger partial charge in [-0.15, -0.1) is 11.8 Å². The minimum atomic E-state index is -3.86. The number of carbonyl (C=O) groups excluding carboxylic acids is 1. The van der Waals surface area contributed by atoms with Crippen LogP contribution in [-0.2, 0) is 10.0 Å². The molecule has 0 atom stereocenters. The smallest absolute Gasteiger partial charge is 0.261 e. The van der Waals surface area contributed by atoms with Crippen LogP contribution in [-0.4, -0.2) is 45.2 Å². The molecule has 0 unspecified atom stereocenters. The Morgan fingerprint density at radius 3 is 2.55 bits per heavy atom. The van der Waals surface area contributed by atoms with Gasteiger partial charge < -0.3 is 9.64 Å². The molecular formula is C21H26N2O4S2. The highest BCUT2D eigenvalue weighted by atomic mass is 32.2. The van der Waals surface area contributed by atoms with Crippen LogP contribution in [0, 0.1) is 0 Å². The predicted octanol–water partition coefficient (Wildman–Crippen LogP) is 4.23. The van der Waals surface area contributed by atoms with Gasteiger partial charge in [0.15, 0.2) is 0 Å². The lowest BCUT2D eigenvalue weighted by atomic mass is 10.1. The lowest BCUT2D eigenvalue weighted by molar-refractivity contribution is 0.0720. The second kappa shape index (κ2) is 9.54. The Kier molecular flexibility index (Phi) is 7.08. The highest BCUT2D eigenvalue weighted by Gasteiger charge is 2.25. The van der Waals surface area contributed by atoms with Gasteiger partial charge in [-0.1, -0.05) is 19.1 Å². The number of likely N-dealkylation sites (tertiary alicyclic amines) is 1. The molecule has 29 heavy (non-hydrogen) atoms. The fourth-order valence-corrected chi connectivity index (χ4v) is 5.26. The lowest BCUT2D eigenvalue weighted by Gasteiger charge is -2.27. The maximum atomic E-state index is 13.0. The summed E-state index contributed by atoms with van der Waals surface area (Å²) >= 11 is 1.56. The molecule has 8 heteroatoms. The summed E-state index contributed by atoms with van der Waals surface area (Å²) in [4.78, 5) is 15.6. The van der Waals surface area contributed by atoms with Crippen LogP contribution in [0.2, 0.25) is 0 Å². The van der Waals surface area contributed by atoms with Crippen molar-refractivity contribution >= 4 is 33.4 Å². The molecule has 0 aliphatic carbocycles. The molecule has 0 saturated carbocycles. The number of sulfonamides is 1. The SMILES string of the molecule is CCSc1ccccc1NS(=O)(=O)c1ccc(OC)c(C(=O)N2CCCCC2)c1. The average Bonchev–Trinajstić information content (AvgIpc) is 2.74. The van der Waals surface area contributed by atoms with Crippen molar-refractivity contribution < 1.29 is 17.9 Å². The van der Waals surface area contributed by atoms with Gasteiger partial charge in [0, 0.05) is 18.0 Å². The number of carbonyl (C=O) groups is 1. The second-order valence-corrected chi connectivity index (χ2v) is 9.74. The number of rotatable bonds is 7. The van der Waals surface area contributed by atoms with E-state index in [-0.39, 0.29) is 16.4 Å². The second-order valence-electron chi connectivity index (χ2n) is 6.75. The highest BCUT2D eigenvalue weighted by Crippen LogP contribution is 2.30. The number of hydrogen-bond acceptors (Lipinski definition) is 5. The van der Waals surface area contributed by atoms with Crippen molar-refractivity contribution in [3.63, 3.8) is 0 Å². The Hall–Kier alpha value is -2.19. The number of methoxy groups -OCH3 is 1. The predicted molar refractivity (Wildman–Crippen MR) is 116 cm³/mol.